The van der Waals surface area contributed by atoms with E-state index in [0.29, 0.717) is 0 Å². The Bertz CT molecular complexity index is 2500. The third-order valence-corrected chi connectivity index (χ3v) is 14.8. The minimum absolute atomic E-state index is 0.173. The third kappa shape index (κ3) is 9.11. The molecule has 0 fully saturated rings. The van der Waals surface area contributed by atoms with Gasteiger partial charge in [0, 0.05) is 10.5 Å². The quantitative estimate of drug-likeness (QED) is 0.119. The molecule has 0 aliphatic carbocycles. The molecule has 0 radical (unpaired) electrons. The predicted octanol–water partition coefficient (Wildman–Crippen LogP) is 17.7. The predicted molar refractivity (Wildman–Crippen MR) is 266 cm³/mol. The van der Waals surface area contributed by atoms with Crippen molar-refractivity contribution < 1.29 is 0 Å². The highest BCUT2D eigenvalue weighted by Crippen LogP contribution is 2.54. The molecule has 8 rings (SSSR count). The molecule has 0 bridgehead atoms. The fourth-order valence-electron chi connectivity index (χ4n) is 8.63. The molecule has 0 amide bonds. The number of aryl methyl sites for hydroxylation is 6. The van der Waals surface area contributed by atoms with Gasteiger partial charge >= 0.3 is 0 Å². The Morgan fingerprint density at radius 3 is 0.717 bits per heavy atom. The lowest BCUT2D eigenvalue weighted by molar-refractivity contribution is 1.10. The van der Waals surface area contributed by atoms with Crippen molar-refractivity contribution >= 4 is 21.6 Å². The lowest BCUT2D eigenvalue weighted by Gasteiger charge is -2.26. The summed E-state index contributed by atoms with van der Waals surface area (Å²) >= 11 is 0. The van der Waals surface area contributed by atoms with Crippen LogP contribution in [-0.4, -0.2) is 0 Å². The molecule has 0 heterocycles. The summed E-state index contributed by atoms with van der Waals surface area (Å²) in [6.45, 7) is 18.0. The smallest absolute Gasteiger partial charge is 0.0385 e. The van der Waals surface area contributed by atoms with Crippen molar-refractivity contribution in [3.63, 3.8) is 0 Å². The van der Waals surface area contributed by atoms with Crippen molar-refractivity contribution in [1.29, 1.82) is 0 Å². The van der Waals surface area contributed by atoms with E-state index in [1.807, 2.05) is 21.6 Å². The second kappa shape index (κ2) is 18.0. The molecule has 2 atom stereocenters. The maximum atomic E-state index is 2.44. The summed E-state index contributed by atoms with van der Waals surface area (Å²) in [5, 5.41) is 0.345. The summed E-state index contributed by atoms with van der Waals surface area (Å²) in [5.41, 5.74) is 25.5. The Labute approximate surface area is 366 Å². The van der Waals surface area contributed by atoms with Crippen molar-refractivity contribution in [2.24, 2.45) is 0 Å². The molecule has 0 aliphatic rings. The van der Waals surface area contributed by atoms with E-state index in [1.165, 1.54) is 111 Å². The van der Waals surface area contributed by atoms with Crippen LogP contribution in [-0.2, 0) is 0 Å². The van der Waals surface area contributed by atoms with Gasteiger partial charge in [0.25, 0.3) is 0 Å². The van der Waals surface area contributed by atoms with E-state index in [4.69, 9.17) is 0 Å². The molecule has 0 unspecified atom stereocenters. The van der Waals surface area contributed by atoms with E-state index >= 15 is 0 Å². The molecular formula is C58H54S2. The zero-order chi connectivity index (χ0) is 41.9. The van der Waals surface area contributed by atoms with Crippen molar-refractivity contribution in [1.82, 2.24) is 0 Å². The number of benzene rings is 8. The third-order valence-electron chi connectivity index (χ3n) is 11.5. The lowest BCUT2D eigenvalue weighted by atomic mass is 9.86. The van der Waals surface area contributed by atoms with Gasteiger partial charge in [-0.25, -0.2) is 0 Å². The highest BCUT2D eigenvalue weighted by molar-refractivity contribution is 8.76. The van der Waals surface area contributed by atoms with E-state index in [0.717, 1.165) is 0 Å². The number of hydrogen-bond acceptors (Lipinski definition) is 2. The Morgan fingerprint density at radius 2 is 0.483 bits per heavy atom. The average Bonchev–Trinajstić information content (AvgIpc) is 3.24. The van der Waals surface area contributed by atoms with Gasteiger partial charge in [0.2, 0.25) is 0 Å². The first kappa shape index (κ1) is 41.2. The standard InChI is InChI=1S/C58H54S2/c1-37-15-9-21-45(27-37)51-33-53(47-23-11-17-39(3)29-47)57(54(34-51)48-24-12-18-40(4)30-48)43(7)59-60-44(8)58-55(49-25-13-19-41(5)31-49)35-52(46-22-10-16-38(2)28-46)36-56(58)50-26-14-20-42(6)32-50/h9-36,43-44H,1-8H3/t43-,44-/m1/s1. The van der Waals surface area contributed by atoms with Gasteiger partial charge in [0.05, 0.1) is 0 Å². The fraction of sp³-hybridized carbons (Fsp3) is 0.172. The topological polar surface area (TPSA) is 0 Å². The SMILES string of the molecule is Cc1cccc(-c2cc(-c3cccc(C)c3)c([C@@H](C)SS[C@H](C)c3c(-c4cccc(C)c4)cc(-c4cccc(C)c4)cc3-c3cccc(C)c3)c(-c3cccc(C)c3)c2)c1. The molecule has 0 aliphatic heterocycles. The second-order valence-electron chi connectivity index (χ2n) is 16.7. The summed E-state index contributed by atoms with van der Waals surface area (Å²) in [6.07, 6.45) is 0. The summed E-state index contributed by atoms with van der Waals surface area (Å²) in [5.74, 6) is 0. The van der Waals surface area contributed by atoms with E-state index in [2.05, 4.69) is 225 Å². The first-order valence-electron chi connectivity index (χ1n) is 21.1. The molecule has 8 aromatic rings. The minimum Gasteiger partial charge on any atom is -0.0855 e. The van der Waals surface area contributed by atoms with Gasteiger partial charge in [0.15, 0.2) is 0 Å². The summed E-state index contributed by atoms with van der Waals surface area (Å²) < 4.78 is 0. The molecule has 0 spiro atoms. The molecule has 0 nitrogen and oxygen atoms in total. The molecule has 0 N–H and O–H groups in total. The van der Waals surface area contributed by atoms with Gasteiger partial charge < -0.3 is 0 Å². The molecule has 298 valence electrons. The molecule has 8 aromatic carbocycles. The van der Waals surface area contributed by atoms with Gasteiger partial charge in [-0.15, -0.1) is 0 Å². The monoisotopic (exact) mass is 814 g/mol. The van der Waals surface area contributed by atoms with Gasteiger partial charge in [-0.3, -0.25) is 0 Å². The van der Waals surface area contributed by atoms with Crippen LogP contribution >= 0.6 is 21.6 Å². The lowest BCUT2D eigenvalue weighted by Crippen LogP contribution is -2.01. The maximum absolute atomic E-state index is 2.44. The maximum Gasteiger partial charge on any atom is 0.0385 e. The van der Waals surface area contributed by atoms with Crippen LogP contribution in [0.3, 0.4) is 0 Å². The highest BCUT2D eigenvalue weighted by atomic mass is 33.1. The van der Waals surface area contributed by atoms with Crippen LogP contribution in [0.2, 0.25) is 0 Å². The molecular weight excluding hydrogens is 761 g/mol. The second-order valence-corrected chi connectivity index (χ2v) is 19.6. The number of hydrogen-bond donors (Lipinski definition) is 0. The zero-order valence-corrected chi connectivity index (χ0v) is 37.8. The summed E-state index contributed by atoms with van der Waals surface area (Å²) in [6, 6.07) is 63.8. The van der Waals surface area contributed by atoms with Gasteiger partial charge in [0.1, 0.15) is 0 Å². The van der Waals surface area contributed by atoms with Crippen LogP contribution in [0.5, 0.6) is 0 Å². The molecule has 0 saturated carbocycles. The summed E-state index contributed by atoms with van der Waals surface area (Å²) in [4.78, 5) is 0. The van der Waals surface area contributed by atoms with Crippen molar-refractivity contribution in [3.8, 4) is 66.8 Å². The van der Waals surface area contributed by atoms with Crippen LogP contribution in [0.15, 0.2) is 170 Å². The van der Waals surface area contributed by atoms with Crippen LogP contribution < -0.4 is 0 Å². The zero-order valence-electron chi connectivity index (χ0n) is 36.1. The average molecular weight is 815 g/mol. The van der Waals surface area contributed by atoms with Gasteiger partial charge in [-0.2, -0.15) is 0 Å². The Balaban J connectivity index is 1.28. The molecule has 60 heavy (non-hydrogen) atoms. The highest BCUT2D eigenvalue weighted by Gasteiger charge is 2.25. The van der Waals surface area contributed by atoms with Crippen LogP contribution in [0, 0.1) is 41.5 Å². The first-order valence-corrected chi connectivity index (χ1v) is 23.4. The Kier molecular flexibility index (Phi) is 12.3. The molecule has 0 aromatic heterocycles. The minimum atomic E-state index is 0.173. The van der Waals surface area contributed by atoms with Crippen LogP contribution in [0.25, 0.3) is 66.8 Å². The normalized spacial score (nSPS) is 12.3. The summed E-state index contributed by atoms with van der Waals surface area (Å²) in [7, 11) is 3.99. The van der Waals surface area contributed by atoms with Crippen molar-refractivity contribution in [2.45, 2.75) is 65.9 Å². The van der Waals surface area contributed by atoms with Gasteiger partial charge in [-0.05, 0) is 158 Å². The van der Waals surface area contributed by atoms with E-state index in [1.54, 1.807) is 0 Å². The first-order chi connectivity index (χ1) is 29.0. The molecule has 0 saturated heterocycles. The van der Waals surface area contributed by atoms with E-state index in [-0.39, 0.29) is 10.5 Å². The van der Waals surface area contributed by atoms with Crippen molar-refractivity contribution in [2.75, 3.05) is 0 Å². The molecule has 2 heteroatoms. The van der Waals surface area contributed by atoms with Gasteiger partial charge in [-0.1, -0.05) is 201 Å². The Hall–Kier alpha value is -5.54. The van der Waals surface area contributed by atoms with E-state index in [9.17, 15) is 0 Å². The van der Waals surface area contributed by atoms with Crippen LogP contribution in [0.4, 0.5) is 0 Å². The van der Waals surface area contributed by atoms with Crippen molar-refractivity contribution in [3.05, 3.63) is 214 Å². The fourth-order valence-corrected chi connectivity index (χ4v) is 11.2. The van der Waals surface area contributed by atoms with E-state index < -0.39 is 0 Å². The number of rotatable bonds is 11. The Morgan fingerprint density at radius 1 is 0.267 bits per heavy atom. The van der Waals surface area contributed by atoms with Crippen LogP contribution in [0.1, 0.15) is 68.9 Å². The largest absolute Gasteiger partial charge is 0.0855 e.